The number of ether oxygens (including phenoxy) is 1. The molecule has 2 nitrogen and oxygen atoms in total. The zero-order chi connectivity index (χ0) is 9.26. The van der Waals surface area contributed by atoms with Gasteiger partial charge >= 0.3 is 0 Å². The molecule has 2 heteroatoms. The topological polar surface area (TPSA) is 21.3 Å². The van der Waals surface area contributed by atoms with Gasteiger partial charge in [-0.05, 0) is 43.0 Å². The van der Waals surface area contributed by atoms with E-state index in [-0.39, 0.29) is 0 Å². The lowest BCUT2D eigenvalue weighted by Crippen LogP contribution is -2.13. The van der Waals surface area contributed by atoms with E-state index in [2.05, 4.69) is 18.3 Å². The second-order valence-corrected chi connectivity index (χ2v) is 3.45. The smallest absolute Gasteiger partial charge is 0.122 e. The molecule has 0 spiro atoms. The van der Waals surface area contributed by atoms with Crippen molar-refractivity contribution in [1.82, 2.24) is 0 Å². The van der Waals surface area contributed by atoms with E-state index in [0.29, 0.717) is 0 Å². The molecule has 0 saturated carbocycles. The zero-order valence-electron chi connectivity index (χ0n) is 8.18. The number of rotatable bonds is 1. The highest BCUT2D eigenvalue weighted by atomic mass is 16.5. The Morgan fingerprint density at radius 1 is 1.38 bits per heavy atom. The summed E-state index contributed by atoms with van der Waals surface area (Å²) < 4.78 is 5.28. The van der Waals surface area contributed by atoms with Crippen molar-refractivity contribution >= 4 is 5.69 Å². The fraction of sp³-hybridized carbons (Fsp3) is 0.455. The van der Waals surface area contributed by atoms with Gasteiger partial charge in [-0.1, -0.05) is 0 Å². The van der Waals surface area contributed by atoms with Crippen molar-refractivity contribution in [1.29, 1.82) is 0 Å². The summed E-state index contributed by atoms with van der Waals surface area (Å²) in [7, 11) is 1.73. The second-order valence-electron chi connectivity index (χ2n) is 3.45. The predicted octanol–water partition coefficient (Wildman–Crippen LogP) is 2.36. The van der Waals surface area contributed by atoms with Crippen LogP contribution >= 0.6 is 0 Å². The van der Waals surface area contributed by atoms with Gasteiger partial charge in [0.25, 0.3) is 0 Å². The Hall–Kier alpha value is -1.18. The molecule has 0 atom stereocenters. The molecule has 1 aromatic rings. The highest BCUT2D eigenvalue weighted by molar-refractivity contribution is 5.60. The summed E-state index contributed by atoms with van der Waals surface area (Å²) in [5.74, 6) is 1.00. The van der Waals surface area contributed by atoms with E-state index in [0.717, 1.165) is 12.3 Å². The summed E-state index contributed by atoms with van der Waals surface area (Å²) >= 11 is 0. The summed E-state index contributed by atoms with van der Waals surface area (Å²) in [4.78, 5) is 0. The van der Waals surface area contributed by atoms with Gasteiger partial charge in [0.2, 0.25) is 0 Å². The van der Waals surface area contributed by atoms with Crippen LogP contribution in [0, 0.1) is 6.92 Å². The van der Waals surface area contributed by atoms with Crippen molar-refractivity contribution < 1.29 is 4.74 Å². The Labute approximate surface area is 78.9 Å². The molecule has 0 saturated heterocycles. The van der Waals surface area contributed by atoms with Crippen LogP contribution in [0.2, 0.25) is 0 Å². The van der Waals surface area contributed by atoms with Gasteiger partial charge in [0, 0.05) is 12.2 Å². The molecular formula is C11H15NO. The fourth-order valence-electron chi connectivity index (χ4n) is 1.93. The SMILES string of the molecule is COc1ccc2c(c1C)CCCN2. The van der Waals surface area contributed by atoms with Crippen LogP contribution in [0.4, 0.5) is 5.69 Å². The van der Waals surface area contributed by atoms with Crippen molar-refractivity contribution in [2.45, 2.75) is 19.8 Å². The molecule has 2 rings (SSSR count). The molecule has 13 heavy (non-hydrogen) atoms. The van der Waals surface area contributed by atoms with Crippen molar-refractivity contribution in [3.63, 3.8) is 0 Å². The molecule has 0 fully saturated rings. The van der Waals surface area contributed by atoms with Gasteiger partial charge in [-0.2, -0.15) is 0 Å². The summed E-state index contributed by atoms with van der Waals surface area (Å²) in [5, 5.41) is 3.40. The largest absolute Gasteiger partial charge is 0.496 e. The molecule has 1 aliphatic heterocycles. The maximum Gasteiger partial charge on any atom is 0.122 e. The lowest BCUT2D eigenvalue weighted by Gasteiger charge is -2.21. The number of anilines is 1. The van der Waals surface area contributed by atoms with Crippen LogP contribution in [0.1, 0.15) is 17.5 Å². The number of hydrogen-bond donors (Lipinski definition) is 1. The first-order valence-electron chi connectivity index (χ1n) is 4.73. The average molecular weight is 177 g/mol. The molecule has 0 radical (unpaired) electrons. The third-order valence-electron chi connectivity index (χ3n) is 2.69. The van der Waals surface area contributed by atoms with Gasteiger partial charge in [-0.3, -0.25) is 0 Å². The van der Waals surface area contributed by atoms with E-state index in [1.165, 1.54) is 29.7 Å². The Morgan fingerprint density at radius 3 is 3.00 bits per heavy atom. The summed E-state index contributed by atoms with van der Waals surface area (Å²) in [6, 6.07) is 4.15. The first kappa shape index (κ1) is 8.42. The minimum absolute atomic E-state index is 1.00. The Bertz CT molecular complexity index is 320. The first-order chi connectivity index (χ1) is 6.33. The molecule has 0 unspecified atom stereocenters. The highest BCUT2D eigenvalue weighted by Gasteiger charge is 2.13. The minimum Gasteiger partial charge on any atom is -0.496 e. The van der Waals surface area contributed by atoms with Crippen LogP contribution in [0.15, 0.2) is 12.1 Å². The van der Waals surface area contributed by atoms with Gasteiger partial charge in [0.15, 0.2) is 0 Å². The molecule has 1 N–H and O–H groups in total. The van der Waals surface area contributed by atoms with E-state index in [4.69, 9.17) is 4.74 Å². The monoisotopic (exact) mass is 177 g/mol. The number of fused-ring (bicyclic) bond motifs is 1. The zero-order valence-corrected chi connectivity index (χ0v) is 8.18. The summed E-state index contributed by atoms with van der Waals surface area (Å²) in [5.41, 5.74) is 3.99. The van der Waals surface area contributed by atoms with Gasteiger partial charge in [0.05, 0.1) is 7.11 Å². The van der Waals surface area contributed by atoms with Crippen molar-refractivity contribution in [3.05, 3.63) is 23.3 Å². The number of methoxy groups -OCH3 is 1. The van der Waals surface area contributed by atoms with Crippen LogP contribution in [-0.4, -0.2) is 13.7 Å². The van der Waals surface area contributed by atoms with Crippen molar-refractivity contribution in [2.24, 2.45) is 0 Å². The molecule has 0 bridgehead atoms. The molecule has 70 valence electrons. The molecule has 0 aliphatic carbocycles. The minimum atomic E-state index is 1.00. The lowest BCUT2D eigenvalue weighted by atomic mass is 9.98. The molecule has 0 aromatic heterocycles. The molecule has 1 aromatic carbocycles. The van der Waals surface area contributed by atoms with Gasteiger partial charge < -0.3 is 10.1 Å². The van der Waals surface area contributed by atoms with Crippen LogP contribution in [0.25, 0.3) is 0 Å². The van der Waals surface area contributed by atoms with Crippen LogP contribution in [0.5, 0.6) is 5.75 Å². The maximum absolute atomic E-state index is 5.28. The third-order valence-corrected chi connectivity index (χ3v) is 2.69. The molecule has 1 aliphatic rings. The van der Waals surface area contributed by atoms with Gasteiger partial charge in [-0.15, -0.1) is 0 Å². The van der Waals surface area contributed by atoms with E-state index < -0.39 is 0 Å². The van der Waals surface area contributed by atoms with Gasteiger partial charge in [-0.25, -0.2) is 0 Å². The van der Waals surface area contributed by atoms with Crippen LogP contribution in [0.3, 0.4) is 0 Å². The number of benzene rings is 1. The van der Waals surface area contributed by atoms with Crippen LogP contribution < -0.4 is 10.1 Å². The van der Waals surface area contributed by atoms with E-state index in [1.54, 1.807) is 7.11 Å². The molecule has 1 heterocycles. The van der Waals surface area contributed by atoms with E-state index in [9.17, 15) is 0 Å². The standard InChI is InChI=1S/C11H15NO/c1-8-9-4-3-7-12-10(9)5-6-11(8)13-2/h5-6,12H,3-4,7H2,1-2H3. The van der Waals surface area contributed by atoms with E-state index in [1.807, 2.05) is 6.07 Å². The maximum atomic E-state index is 5.28. The predicted molar refractivity (Wildman–Crippen MR) is 54.5 cm³/mol. The van der Waals surface area contributed by atoms with Crippen molar-refractivity contribution in [2.75, 3.05) is 19.0 Å². The normalized spacial score (nSPS) is 14.6. The quantitative estimate of drug-likeness (QED) is 0.711. The van der Waals surface area contributed by atoms with Crippen LogP contribution in [-0.2, 0) is 6.42 Å². The Balaban J connectivity index is 2.48. The molecule has 0 amide bonds. The first-order valence-corrected chi connectivity index (χ1v) is 4.73. The average Bonchev–Trinajstić information content (AvgIpc) is 2.19. The van der Waals surface area contributed by atoms with E-state index >= 15 is 0 Å². The van der Waals surface area contributed by atoms with Gasteiger partial charge in [0.1, 0.15) is 5.75 Å². The Kier molecular flexibility index (Phi) is 2.13. The second kappa shape index (κ2) is 3.29. The lowest BCUT2D eigenvalue weighted by molar-refractivity contribution is 0.411. The van der Waals surface area contributed by atoms with Crippen molar-refractivity contribution in [3.8, 4) is 5.75 Å². The highest BCUT2D eigenvalue weighted by Crippen LogP contribution is 2.31. The number of hydrogen-bond acceptors (Lipinski definition) is 2. The Morgan fingerprint density at radius 2 is 2.23 bits per heavy atom. The number of nitrogens with one attached hydrogen (secondary N) is 1. The fourth-order valence-corrected chi connectivity index (χ4v) is 1.93. The third kappa shape index (κ3) is 1.37. The summed E-state index contributed by atoms with van der Waals surface area (Å²) in [6.07, 6.45) is 2.40. The summed E-state index contributed by atoms with van der Waals surface area (Å²) in [6.45, 7) is 3.23. The molecular weight excluding hydrogens is 162 g/mol.